The van der Waals surface area contributed by atoms with Crippen molar-refractivity contribution in [2.75, 3.05) is 7.11 Å². The van der Waals surface area contributed by atoms with E-state index in [4.69, 9.17) is 9.52 Å². The molecule has 0 saturated carbocycles. The largest absolute Gasteiger partial charge is 0.477 e. The quantitative estimate of drug-likeness (QED) is 0.832. The Morgan fingerprint density at radius 2 is 2.17 bits per heavy atom. The third-order valence-corrected chi connectivity index (χ3v) is 2.24. The van der Waals surface area contributed by atoms with E-state index in [9.17, 15) is 9.59 Å². The second-order valence-corrected chi connectivity index (χ2v) is 3.40. The number of rotatable bonds is 3. The molecule has 0 atom stereocenters. The number of pyridine rings is 1. The van der Waals surface area contributed by atoms with E-state index in [0.29, 0.717) is 5.76 Å². The number of carboxylic acid groups (broad SMARTS) is 1. The molecule has 0 aliphatic rings. The molecule has 92 valence electrons. The molecular formula is C12H9NO5. The predicted molar refractivity (Wildman–Crippen MR) is 60.2 cm³/mol. The zero-order chi connectivity index (χ0) is 13.1. The first kappa shape index (κ1) is 11.8. The van der Waals surface area contributed by atoms with Crippen molar-refractivity contribution >= 4 is 11.9 Å². The van der Waals surface area contributed by atoms with Crippen molar-refractivity contribution in [3.05, 3.63) is 41.8 Å². The zero-order valence-corrected chi connectivity index (χ0v) is 9.41. The van der Waals surface area contributed by atoms with Gasteiger partial charge in [0.05, 0.1) is 18.9 Å². The number of furan rings is 1. The van der Waals surface area contributed by atoms with E-state index >= 15 is 0 Å². The Morgan fingerprint density at radius 1 is 1.39 bits per heavy atom. The number of esters is 1. The van der Waals surface area contributed by atoms with Crippen LogP contribution < -0.4 is 0 Å². The molecule has 2 aromatic heterocycles. The molecule has 2 heterocycles. The molecule has 1 N–H and O–H groups in total. The number of ether oxygens (including phenoxy) is 1. The molecular weight excluding hydrogens is 238 g/mol. The van der Waals surface area contributed by atoms with Crippen molar-refractivity contribution in [1.82, 2.24) is 4.98 Å². The zero-order valence-electron chi connectivity index (χ0n) is 9.41. The van der Waals surface area contributed by atoms with E-state index < -0.39 is 11.9 Å². The number of aromatic carboxylic acids is 1. The van der Waals surface area contributed by atoms with E-state index in [1.54, 1.807) is 12.1 Å². The first-order valence-corrected chi connectivity index (χ1v) is 4.99. The number of carboxylic acids is 1. The van der Waals surface area contributed by atoms with Gasteiger partial charge in [-0.3, -0.25) is 0 Å². The number of hydrogen-bond acceptors (Lipinski definition) is 5. The fraction of sp³-hybridized carbons (Fsp3) is 0.0833. The first-order valence-electron chi connectivity index (χ1n) is 4.99. The van der Waals surface area contributed by atoms with Crippen LogP contribution in [0.4, 0.5) is 0 Å². The second kappa shape index (κ2) is 4.70. The van der Waals surface area contributed by atoms with Crippen LogP contribution in [0.3, 0.4) is 0 Å². The fourth-order valence-corrected chi connectivity index (χ4v) is 1.43. The van der Waals surface area contributed by atoms with Crippen LogP contribution >= 0.6 is 0 Å². The molecule has 0 amide bonds. The highest BCUT2D eigenvalue weighted by Gasteiger charge is 2.15. The number of hydrogen-bond donors (Lipinski definition) is 1. The van der Waals surface area contributed by atoms with Crippen molar-refractivity contribution in [3.63, 3.8) is 0 Å². The Bertz CT molecular complexity index is 589. The van der Waals surface area contributed by atoms with Gasteiger partial charge in [0.1, 0.15) is 11.4 Å². The predicted octanol–water partition coefficient (Wildman–Crippen LogP) is 1.83. The number of methoxy groups -OCH3 is 1. The SMILES string of the molecule is COC(=O)c1cc(C(=O)O)nc(-c2ccco2)c1. The molecule has 0 unspecified atom stereocenters. The summed E-state index contributed by atoms with van der Waals surface area (Å²) in [6.45, 7) is 0. The minimum absolute atomic E-state index is 0.108. The lowest BCUT2D eigenvalue weighted by Gasteiger charge is -2.03. The first-order chi connectivity index (χ1) is 8.61. The summed E-state index contributed by atoms with van der Waals surface area (Å²) >= 11 is 0. The van der Waals surface area contributed by atoms with Gasteiger partial charge in [0, 0.05) is 0 Å². The van der Waals surface area contributed by atoms with Gasteiger partial charge in [-0.05, 0) is 24.3 Å². The van der Waals surface area contributed by atoms with Gasteiger partial charge >= 0.3 is 11.9 Å². The monoisotopic (exact) mass is 247 g/mol. The van der Waals surface area contributed by atoms with Gasteiger partial charge in [0.2, 0.25) is 0 Å². The fourth-order valence-electron chi connectivity index (χ4n) is 1.43. The number of nitrogens with zero attached hydrogens (tertiary/aromatic N) is 1. The molecule has 0 bridgehead atoms. The van der Waals surface area contributed by atoms with Gasteiger partial charge in [0.15, 0.2) is 5.76 Å². The van der Waals surface area contributed by atoms with Gasteiger partial charge in [-0.2, -0.15) is 0 Å². The van der Waals surface area contributed by atoms with E-state index in [-0.39, 0.29) is 17.0 Å². The lowest BCUT2D eigenvalue weighted by atomic mass is 10.1. The molecule has 0 radical (unpaired) electrons. The summed E-state index contributed by atoms with van der Waals surface area (Å²) in [5, 5.41) is 8.94. The Labute approximate surface area is 102 Å². The van der Waals surface area contributed by atoms with Crippen molar-refractivity contribution in [3.8, 4) is 11.5 Å². The van der Waals surface area contributed by atoms with Crippen LogP contribution in [0.1, 0.15) is 20.8 Å². The topological polar surface area (TPSA) is 89.6 Å². The van der Waals surface area contributed by atoms with Crippen molar-refractivity contribution in [2.24, 2.45) is 0 Å². The summed E-state index contributed by atoms with van der Waals surface area (Å²) in [6.07, 6.45) is 1.43. The Morgan fingerprint density at radius 3 is 2.72 bits per heavy atom. The van der Waals surface area contributed by atoms with Gasteiger partial charge in [0.25, 0.3) is 0 Å². The highest BCUT2D eigenvalue weighted by atomic mass is 16.5. The summed E-state index contributed by atoms with van der Waals surface area (Å²) in [5.41, 5.74) is 0.126. The molecule has 0 aromatic carbocycles. The van der Waals surface area contributed by atoms with Crippen LogP contribution in [0.15, 0.2) is 34.9 Å². The molecule has 0 fully saturated rings. The molecule has 2 rings (SSSR count). The van der Waals surface area contributed by atoms with Crippen LogP contribution in [-0.4, -0.2) is 29.1 Å². The maximum Gasteiger partial charge on any atom is 0.354 e. The van der Waals surface area contributed by atoms with Gasteiger partial charge < -0.3 is 14.3 Å². The number of carbonyl (C=O) groups excluding carboxylic acids is 1. The van der Waals surface area contributed by atoms with Crippen LogP contribution in [-0.2, 0) is 4.74 Å². The summed E-state index contributed by atoms with van der Waals surface area (Å²) in [6, 6.07) is 5.83. The maximum absolute atomic E-state index is 11.4. The normalized spacial score (nSPS) is 10.1. The average molecular weight is 247 g/mol. The molecule has 0 aliphatic carbocycles. The third kappa shape index (κ3) is 2.22. The van der Waals surface area contributed by atoms with E-state index in [0.717, 1.165) is 6.07 Å². The lowest BCUT2D eigenvalue weighted by molar-refractivity contribution is 0.0600. The summed E-state index contributed by atoms with van der Waals surface area (Å²) in [7, 11) is 1.22. The van der Waals surface area contributed by atoms with Crippen molar-refractivity contribution in [1.29, 1.82) is 0 Å². The Hall–Kier alpha value is -2.63. The van der Waals surface area contributed by atoms with E-state index in [1.165, 1.54) is 19.4 Å². The summed E-state index contributed by atoms with van der Waals surface area (Å²) < 4.78 is 9.67. The Kier molecular flexibility index (Phi) is 3.09. The lowest BCUT2D eigenvalue weighted by Crippen LogP contribution is -2.07. The molecule has 6 heteroatoms. The molecule has 18 heavy (non-hydrogen) atoms. The van der Waals surface area contributed by atoms with Crippen molar-refractivity contribution < 1.29 is 23.8 Å². The third-order valence-electron chi connectivity index (χ3n) is 2.24. The van der Waals surface area contributed by atoms with Gasteiger partial charge in [-0.15, -0.1) is 0 Å². The summed E-state index contributed by atoms with van der Waals surface area (Å²) in [5.74, 6) is -1.48. The maximum atomic E-state index is 11.4. The Balaban J connectivity index is 2.57. The highest BCUT2D eigenvalue weighted by Crippen LogP contribution is 2.20. The smallest absolute Gasteiger partial charge is 0.354 e. The molecule has 0 saturated heterocycles. The second-order valence-electron chi connectivity index (χ2n) is 3.40. The van der Waals surface area contributed by atoms with E-state index in [1.807, 2.05) is 0 Å². The van der Waals surface area contributed by atoms with E-state index in [2.05, 4.69) is 9.72 Å². The standard InChI is InChI=1S/C12H9NO5/c1-17-12(16)7-5-8(10-3-2-4-18-10)13-9(6-7)11(14)15/h2-6H,1H3,(H,14,15). The average Bonchev–Trinajstić information content (AvgIpc) is 2.91. The minimum Gasteiger partial charge on any atom is -0.477 e. The van der Waals surface area contributed by atoms with Crippen LogP contribution in [0, 0.1) is 0 Å². The van der Waals surface area contributed by atoms with Gasteiger partial charge in [-0.25, -0.2) is 14.6 Å². The molecule has 0 spiro atoms. The minimum atomic E-state index is -1.23. The van der Waals surface area contributed by atoms with Gasteiger partial charge in [-0.1, -0.05) is 0 Å². The molecule has 2 aromatic rings. The van der Waals surface area contributed by atoms with Crippen LogP contribution in [0.25, 0.3) is 11.5 Å². The van der Waals surface area contributed by atoms with Crippen molar-refractivity contribution in [2.45, 2.75) is 0 Å². The van der Waals surface area contributed by atoms with Crippen LogP contribution in [0.2, 0.25) is 0 Å². The molecule has 6 nitrogen and oxygen atoms in total. The highest BCUT2D eigenvalue weighted by molar-refractivity contribution is 5.94. The number of carbonyl (C=O) groups is 2. The molecule has 0 aliphatic heterocycles. The summed E-state index contributed by atoms with van der Waals surface area (Å²) in [4.78, 5) is 26.3. The van der Waals surface area contributed by atoms with Crippen LogP contribution in [0.5, 0.6) is 0 Å². The number of aromatic nitrogens is 1.